The monoisotopic (exact) mass is 310 g/mol. The molecule has 0 unspecified atom stereocenters. The summed E-state index contributed by atoms with van der Waals surface area (Å²) >= 11 is 3.30. The molecule has 0 atom stereocenters. The molecule has 1 aromatic heterocycles. The number of rotatable bonds is 3. The average Bonchev–Trinajstić information content (AvgIpc) is 2.36. The molecule has 0 radical (unpaired) electrons. The van der Waals surface area contributed by atoms with Crippen LogP contribution in [0.1, 0.15) is 5.56 Å². The molecule has 0 bridgehead atoms. The maximum Gasteiger partial charge on any atom is 0.224 e. The molecule has 0 aliphatic rings. The molecular formula is C12H12BrFN4. The fourth-order valence-corrected chi connectivity index (χ4v) is 1.87. The third-order valence-corrected chi connectivity index (χ3v) is 3.06. The van der Waals surface area contributed by atoms with Crippen molar-refractivity contribution in [3.05, 3.63) is 40.2 Å². The molecule has 0 saturated heterocycles. The van der Waals surface area contributed by atoms with Crippen LogP contribution in [0.25, 0.3) is 0 Å². The third-order valence-electron chi connectivity index (χ3n) is 2.40. The number of aryl methyl sites for hydroxylation is 1. The predicted molar refractivity (Wildman–Crippen MR) is 73.7 cm³/mol. The van der Waals surface area contributed by atoms with E-state index >= 15 is 0 Å². The lowest BCUT2D eigenvalue weighted by Crippen LogP contribution is -2.03. The van der Waals surface area contributed by atoms with Gasteiger partial charge >= 0.3 is 0 Å². The van der Waals surface area contributed by atoms with Gasteiger partial charge in [-0.15, -0.1) is 0 Å². The topological polar surface area (TPSA) is 49.8 Å². The number of hydrogen-bond donors (Lipinski definition) is 2. The van der Waals surface area contributed by atoms with E-state index in [1.165, 1.54) is 6.07 Å². The number of para-hydroxylation sites is 1. The second kappa shape index (κ2) is 5.30. The summed E-state index contributed by atoms with van der Waals surface area (Å²) in [6.45, 7) is 1.86. The van der Waals surface area contributed by atoms with Crippen molar-refractivity contribution in [3.63, 3.8) is 0 Å². The third kappa shape index (κ3) is 2.59. The van der Waals surface area contributed by atoms with Crippen LogP contribution >= 0.6 is 15.9 Å². The SMILES string of the molecule is CNc1ncc(C)c(Nc2c(F)cccc2Br)n1. The van der Waals surface area contributed by atoms with Crippen LogP contribution in [0, 0.1) is 12.7 Å². The quantitative estimate of drug-likeness (QED) is 0.911. The first-order valence-corrected chi connectivity index (χ1v) is 6.13. The smallest absolute Gasteiger partial charge is 0.224 e. The van der Waals surface area contributed by atoms with E-state index in [1.807, 2.05) is 6.92 Å². The Morgan fingerprint density at radius 2 is 2.11 bits per heavy atom. The zero-order chi connectivity index (χ0) is 13.1. The number of nitrogens with zero attached hydrogens (tertiary/aromatic N) is 2. The van der Waals surface area contributed by atoms with E-state index in [-0.39, 0.29) is 5.82 Å². The largest absolute Gasteiger partial charge is 0.357 e. The highest BCUT2D eigenvalue weighted by atomic mass is 79.9. The first kappa shape index (κ1) is 12.8. The van der Waals surface area contributed by atoms with Gasteiger partial charge in [0.25, 0.3) is 0 Å². The minimum atomic E-state index is -0.339. The van der Waals surface area contributed by atoms with Crippen LogP contribution in [0.5, 0.6) is 0 Å². The minimum absolute atomic E-state index is 0.339. The Balaban J connectivity index is 2.39. The fourth-order valence-electron chi connectivity index (χ4n) is 1.42. The zero-order valence-corrected chi connectivity index (χ0v) is 11.5. The van der Waals surface area contributed by atoms with Crippen molar-refractivity contribution in [3.8, 4) is 0 Å². The average molecular weight is 311 g/mol. The normalized spacial score (nSPS) is 10.2. The van der Waals surface area contributed by atoms with Crippen LogP contribution in [0.3, 0.4) is 0 Å². The van der Waals surface area contributed by atoms with E-state index in [2.05, 4.69) is 36.5 Å². The molecule has 2 N–H and O–H groups in total. The molecule has 0 aliphatic heterocycles. The summed E-state index contributed by atoms with van der Waals surface area (Å²) in [6.07, 6.45) is 1.68. The van der Waals surface area contributed by atoms with Crippen molar-refractivity contribution in [1.82, 2.24) is 9.97 Å². The van der Waals surface area contributed by atoms with Gasteiger partial charge in [0, 0.05) is 23.3 Å². The van der Waals surface area contributed by atoms with Gasteiger partial charge in [-0.2, -0.15) is 4.98 Å². The molecule has 0 fully saturated rings. The molecule has 0 amide bonds. The van der Waals surface area contributed by atoms with Crippen molar-refractivity contribution >= 4 is 33.4 Å². The lowest BCUT2D eigenvalue weighted by atomic mass is 10.3. The second-order valence-electron chi connectivity index (χ2n) is 3.70. The molecule has 94 valence electrons. The first-order valence-electron chi connectivity index (χ1n) is 5.34. The van der Waals surface area contributed by atoms with Crippen LogP contribution in [0.15, 0.2) is 28.9 Å². The number of halogens is 2. The number of hydrogen-bond acceptors (Lipinski definition) is 4. The maximum atomic E-state index is 13.7. The van der Waals surface area contributed by atoms with Crippen LogP contribution in [-0.2, 0) is 0 Å². The Kier molecular flexibility index (Phi) is 3.76. The van der Waals surface area contributed by atoms with Crippen molar-refractivity contribution in [1.29, 1.82) is 0 Å². The highest BCUT2D eigenvalue weighted by Gasteiger charge is 2.09. The number of nitrogens with one attached hydrogen (secondary N) is 2. The highest BCUT2D eigenvalue weighted by molar-refractivity contribution is 9.10. The molecule has 6 heteroatoms. The second-order valence-corrected chi connectivity index (χ2v) is 4.55. The van der Waals surface area contributed by atoms with Crippen molar-refractivity contribution in [2.24, 2.45) is 0 Å². The minimum Gasteiger partial charge on any atom is -0.357 e. The van der Waals surface area contributed by atoms with E-state index in [0.29, 0.717) is 21.9 Å². The summed E-state index contributed by atoms with van der Waals surface area (Å²) in [6, 6.07) is 4.79. The van der Waals surface area contributed by atoms with E-state index in [9.17, 15) is 4.39 Å². The highest BCUT2D eigenvalue weighted by Crippen LogP contribution is 2.29. The van der Waals surface area contributed by atoms with E-state index < -0.39 is 0 Å². The Bertz CT molecular complexity index is 554. The van der Waals surface area contributed by atoms with Crippen molar-refractivity contribution < 1.29 is 4.39 Å². The van der Waals surface area contributed by atoms with Gasteiger partial charge in [0.2, 0.25) is 5.95 Å². The van der Waals surface area contributed by atoms with Crippen LogP contribution in [0.4, 0.5) is 21.8 Å². The van der Waals surface area contributed by atoms with Gasteiger partial charge in [0.1, 0.15) is 11.6 Å². The standard InChI is InChI=1S/C12H12BrFN4/c1-7-6-16-12(15-2)18-11(7)17-10-8(13)4-3-5-9(10)14/h3-6H,1-2H3,(H2,15,16,17,18). The van der Waals surface area contributed by atoms with Crippen LogP contribution in [-0.4, -0.2) is 17.0 Å². The van der Waals surface area contributed by atoms with Gasteiger partial charge in [0.15, 0.2) is 0 Å². The maximum absolute atomic E-state index is 13.7. The lowest BCUT2D eigenvalue weighted by molar-refractivity contribution is 0.631. The van der Waals surface area contributed by atoms with Gasteiger partial charge in [0.05, 0.1) is 5.69 Å². The molecule has 4 nitrogen and oxygen atoms in total. The Morgan fingerprint density at radius 1 is 1.33 bits per heavy atom. The Labute approximate surface area is 113 Å². The summed E-state index contributed by atoms with van der Waals surface area (Å²) in [5, 5.41) is 5.81. The van der Waals surface area contributed by atoms with Gasteiger partial charge in [-0.1, -0.05) is 6.07 Å². The zero-order valence-electron chi connectivity index (χ0n) is 9.96. The molecule has 1 aromatic carbocycles. The molecule has 0 saturated carbocycles. The predicted octanol–water partition coefficient (Wildman–Crippen LogP) is 3.47. The summed E-state index contributed by atoms with van der Waals surface area (Å²) in [5.41, 5.74) is 1.20. The van der Waals surface area contributed by atoms with E-state index in [1.54, 1.807) is 25.4 Å². The van der Waals surface area contributed by atoms with Crippen molar-refractivity contribution in [2.75, 3.05) is 17.7 Å². The first-order chi connectivity index (χ1) is 8.61. The van der Waals surface area contributed by atoms with Crippen molar-refractivity contribution in [2.45, 2.75) is 6.92 Å². The lowest BCUT2D eigenvalue weighted by Gasteiger charge is -2.11. The van der Waals surface area contributed by atoms with E-state index in [4.69, 9.17) is 0 Å². The van der Waals surface area contributed by atoms with Gasteiger partial charge in [-0.05, 0) is 35.0 Å². The molecule has 1 heterocycles. The number of aromatic nitrogens is 2. The molecule has 18 heavy (non-hydrogen) atoms. The summed E-state index contributed by atoms with van der Waals surface area (Å²) < 4.78 is 14.3. The Morgan fingerprint density at radius 3 is 2.78 bits per heavy atom. The summed E-state index contributed by atoms with van der Waals surface area (Å²) in [7, 11) is 1.73. The summed E-state index contributed by atoms with van der Waals surface area (Å²) in [5.74, 6) is 0.712. The molecule has 2 aromatic rings. The van der Waals surface area contributed by atoms with E-state index in [0.717, 1.165) is 5.56 Å². The van der Waals surface area contributed by atoms with Crippen LogP contribution in [0.2, 0.25) is 0 Å². The van der Waals surface area contributed by atoms with Crippen LogP contribution < -0.4 is 10.6 Å². The van der Waals surface area contributed by atoms with Gasteiger partial charge in [-0.3, -0.25) is 0 Å². The Hall–Kier alpha value is -1.69. The van der Waals surface area contributed by atoms with Gasteiger partial charge in [-0.25, -0.2) is 9.37 Å². The fraction of sp³-hybridized carbons (Fsp3) is 0.167. The van der Waals surface area contributed by atoms with Gasteiger partial charge < -0.3 is 10.6 Å². The molecular weight excluding hydrogens is 299 g/mol. The number of benzene rings is 1. The number of anilines is 3. The molecule has 0 spiro atoms. The molecule has 0 aliphatic carbocycles. The molecule has 2 rings (SSSR count). The summed E-state index contributed by atoms with van der Waals surface area (Å²) in [4.78, 5) is 8.32.